The summed E-state index contributed by atoms with van der Waals surface area (Å²) in [5.74, 6) is 1.60. The fourth-order valence-electron chi connectivity index (χ4n) is 3.23. The maximum Gasteiger partial charge on any atom is 0.196 e. The lowest BCUT2D eigenvalue weighted by Gasteiger charge is -2.35. The van der Waals surface area contributed by atoms with E-state index in [1.165, 1.54) is 32.1 Å². The summed E-state index contributed by atoms with van der Waals surface area (Å²) >= 11 is 0. The Hall–Kier alpha value is -1.55. The third kappa shape index (κ3) is 2.52. The first-order valence-electron chi connectivity index (χ1n) is 7.38. The lowest BCUT2D eigenvalue weighted by atomic mass is 9.72. The molecule has 1 heterocycles. The van der Waals surface area contributed by atoms with E-state index in [2.05, 4.69) is 4.98 Å². The fraction of sp³-hybridized carbons (Fsp3) is 0.562. The van der Waals surface area contributed by atoms with Crippen molar-refractivity contribution in [3.8, 4) is 5.75 Å². The number of oxazole rings is 1. The SMILES string of the molecule is COc1ccc2nc(CC3(CN)CCCCC3)oc2c1. The number of hydrogen-bond donors (Lipinski definition) is 1. The normalized spacial score (nSPS) is 18.3. The highest BCUT2D eigenvalue weighted by atomic mass is 16.5. The lowest BCUT2D eigenvalue weighted by Crippen LogP contribution is -2.35. The van der Waals surface area contributed by atoms with Crippen LogP contribution in [0.3, 0.4) is 0 Å². The highest BCUT2D eigenvalue weighted by Crippen LogP contribution is 2.38. The van der Waals surface area contributed by atoms with Gasteiger partial charge >= 0.3 is 0 Å². The van der Waals surface area contributed by atoms with E-state index in [1.807, 2.05) is 18.2 Å². The average Bonchev–Trinajstić information content (AvgIpc) is 2.89. The summed E-state index contributed by atoms with van der Waals surface area (Å²) in [4.78, 5) is 4.60. The molecule has 2 N–H and O–H groups in total. The maximum absolute atomic E-state index is 6.04. The highest BCUT2D eigenvalue weighted by molar-refractivity contribution is 5.74. The van der Waals surface area contributed by atoms with Crippen molar-refractivity contribution in [3.63, 3.8) is 0 Å². The summed E-state index contributed by atoms with van der Waals surface area (Å²) in [7, 11) is 1.66. The molecule has 0 radical (unpaired) electrons. The van der Waals surface area contributed by atoms with Crippen molar-refractivity contribution in [2.45, 2.75) is 38.5 Å². The number of nitrogens with two attached hydrogens (primary N) is 1. The van der Waals surface area contributed by atoms with Gasteiger partial charge in [-0.3, -0.25) is 0 Å². The summed E-state index contributed by atoms with van der Waals surface area (Å²) in [6, 6.07) is 5.74. The number of rotatable bonds is 4. The quantitative estimate of drug-likeness (QED) is 0.929. The van der Waals surface area contributed by atoms with Crippen LogP contribution in [0.5, 0.6) is 5.75 Å². The van der Waals surface area contributed by atoms with Crippen molar-refractivity contribution < 1.29 is 9.15 Å². The summed E-state index contributed by atoms with van der Waals surface area (Å²) in [5, 5.41) is 0. The van der Waals surface area contributed by atoms with Crippen LogP contribution >= 0.6 is 0 Å². The Morgan fingerprint density at radius 3 is 2.80 bits per heavy atom. The molecule has 3 rings (SSSR count). The van der Waals surface area contributed by atoms with Crippen molar-refractivity contribution in [3.05, 3.63) is 24.1 Å². The third-order valence-corrected chi connectivity index (χ3v) is 4.51. The second kappa shape index (κ2) is 5.44. The second-order valence-corrected chi connectivity index (χ2v) is 5.88. The molecule has 0 atom stereocenters. The van der Waals surface area contributed by atoms with Crippen molar-refractivity contribution in [2.75, 3.05) is 13.7 Å². The Morgan fingerprint density at radius 1 is 1.30 bits per heavy atom. The molecule has 1 fully saturated rings. The van der Waals surface area contributed by atoms with Crippen LogP contribution in [0, 0.1) is 5.41 Å². The first-order valence-corrected chi connectivity index (χ1v) is 7.38. The Kier molecular flexibility index (Phi) is 3.66. The van der Waals surface area contributed by atoms with Crippen LogP contribution in [-0.2, 0) is 6.42 Å². The Balaban J connectivity index is 1.86. The predicted molar refractivity (Wildman–Crippen MR) is 78.8 cm³/mol. The first-order chi connectivity index (χ1) is 9.74. The van der Waals surface area contributed by atoms with Crippen LogP contribution in [0.2, 0.25) is 0 Å². The zero-order valence-electron chi connectivity index (χ0n) is 12.0. The zero-order valence-corrected chi connectivity index (χ0v) is 12.0. The van der Waals surface area contributed by atoms with Crippen LogP contribution in [0.25, 0.3) is 11.1 Å². The minimum absolute atomic E-state index is 0.184. The van der Waals surface area contributed by atoms with E-state index in [9.17, 15) is 0 Å². The minimum Gasteiger partial charge on any atom is -0.497 e. The van der Waals surface area contributed by atoms with Crippen LogP contribution in [0.1, 0.15) is 38.0 Å². The number of benzene rings is 1. The highest BCUT2D eigenvalue weighted by Gasteiger charge is 2.32. The monoisotopic (exact) mass is 274 g/mol. The van der Waals surface area contributed by atoms with Gasteiger partial charge in [-0.15, -0.1) is 0 Å². The molecule has 1 aromatic carbocycles. The summed E-state index contributed by atoms with van der Waals surface area (Å²) in [6.45, 7) is 0.717. The fourth-order valence-corrected chi connectivity index (χ4v) is 3.23. The molecule has 2 aromatic rings. The van der Waals surface area contributed by atoms with E-state index in [-0.39, 0.29) is 5.41 Å². The van der Waals surface area contributed by atoms with E-state index >= 15 is 0 Å². The predicted octanol–water partition coefficient (Wildman–Crippen LogP) is 3.29. The van der Waals surface area contributed by atoms with E-state index in [1.54, 1.807) is 7.11 Å². The molecule has 1 aromatic heterocycles. The number of nitrogens with zero attached hydrogens (tertiary/aromatic N) is 1. The topological polar surface area (TPSA) is 61.3 Å². The third-order valence-electron chi connectivity index (χ3n) is 4.51. The summed E-state index contributed by atoms with van der Waals surface area (Å²) in [6.07, 6.45) is 7.08. The zero-order chi connectivity index (χ0) is 14.0. The van der Waals surface area contributed by atoms with E-state index < -0.39 is 0 Å². The Labute approximate surface area is 119 Å². The number of methoxy groups -OCH3 is 1. The molecule has 4 heteroatoms. The van der Waals surface area contributed by atoms with E-state index in [4.69, 9.17) is 14.9 Å². The molecule has 0 bridgehead atoms. The summed E-state index contributed by atoms with van der Waals surface area (Å²) in [5.41, 5.74) is 7.91. The van der Waals surface area contributed by atoms with Gasteiger partial charge in [0, 0.05) is 12.5 Å². The van der Waals surface area contributed by atoms with Gasteiger partial charge in [0.1, 0.15) is 11.3 Å². The van der Waals surface area contributed by atoms with Crippen molar-refractivity contribution in [1.29, 1.82) is 0 Å². The Morgan fingerprint density at radius 2 is 2.10 bits per heavy atom. The number of hydrogen-bond acceptors (Lipinski definition) is 4. The molecule has 108 valence electrons. The van der Waals surface area contributed by atoms with Crippen molar-refractivity contribution in [1.82, 2.24) is 4.98 Å². The largest absolute Gasteiger partial charge is 0.497 e. The number of ether oxygens (including phenoxy) is 1. The van der Waals surface area contributed by atoms with Gasteiger partial charge in [0.05, 0.1) is 7.11 Å². The van der Waals surface area contributed by atoms with Gasteiger partial charge in [0.15, 0.2) is 11.5 Å². The molecular weight excluding hydrogens is 252 g/mol. The Bertz CT molecular complexity index is 585. The molecule has 4 nitrogen and oxygen atoms in total. The van der Waals surface area contributed by atoms with Gasteiger partial charge in [0.25, 0.3) is 0 Å². The molecule has 0 saturated heterocycles. The van der Waals surface area contributed by atoms with Gasteiger partial charge in [-0.1, -0.05) is 19.3 Å². The standard InChI is InChI=1S/C16H22N2O2/c1-19-12-5-6-13-14(9-12)20-15(18-13)10-16(11-17)7-3-2-4-8-16/h5-6,9H,2-4,7-8,10-11,17H2,1H3. The lowest BCUT2D eigenvalue weighted by molar-refractivity contribution is 0.184. The van der Waals surface area contributed by atoms with E-state index in [0.29, 0.717) is 0 Å². The van der Waals surface area contributed by atoms with Gasteiger partial charge in [-0.2, -0.15) is 0 Å². The second-order valence-electron chi connectivity index (χ2n) is 5.88. The van der Waals surface area contributed by atoms with Crippen LogP contribution in [0.4, 0.5) is 0 Å². The van der Waals surface area contributed by atoms with Crippen LogP contribution in [0.15, 0.2) is 22.6 Å². The van der Waals surface area contributed by atoms with Crippen molar-refractivity contribution >= 4 is 11.1 Å². The van der Waals surface area contributed by atoms with Gasteiger partial charge in [-0.25, -0.2) is 4.98 Å². The van der Waals surface area contributed by atoms with Gasteiger partial charge in [0.2, 0.25) is 0 Å². The molecule has 0 amide bonds. The van der Waals surface area contributed by atoms with Gasteiger partial charge in [-0.05, 0) is 36.9 Å². The van der Waals surface area contributed by atoms with Crippen LogP contribution in [-0.4, -0.2) is 18.6 Å². The molecular formula is C16H22N2O2. The van der Waals surface area contributed by atoms with Gasteiger partial charge < -0.3 is 14.9 Å². The molecule has 20 heavy (non-hydrogen) atoms. The first kappa shape index (κ1) is 13.4. The molecule has 1 aliphatic rings. The average molecular weight is 274 g/mol. The molecule has 0 spiro atoms. The minimum atomic E-state index is 0.184. The number of fused-ring (bicyclic) bond motifs is 1. The molecule has 1 saturated carbocycles. The number of aromatic nitrogens is 1. The molecule has 0 unspecified atom stereocenters. The van der Waals surface area contributed by atoms with Crippen molar-refractivity contribution in [2.24, 2.45) is 11.1 Å². The smallest absolute Gasteiger partial charge is 0.196 e. The van der Waals surface area contributed by atoms with Crippen LogP contribution < -0.4 is 10.5 Å². The molecule has 0 aliphatic heterocycles. The molecule has 1 aliphatic carbocycles. The van der Waals surface area contributed by atoms with E-state index in [0.717, 1.165) is 35.7 Å². The maximum atomic E-state index is 6.04. The summed E-state index contributed by atoms with van der Waals surface area (Å²) < 4.78 is 11.1.